The predicted molar refractivity (Wildman–Crippen MR) is 33.4 cm³/mol. The maximum absolute atomic E-state index is 8.73. The SMILES string of the molecule is O[n+]1ccc(CCl)cc1.[Cl-]. The van der Waals surface area contributed by atoms with Crippen molar-refractivity contribution in [1.29, 1.82) is 0 Å². The van der Waals surface area contributed by atoms with Crippen molar-refractivity contribution < 1.29 is 22.3 Å². The van der Waals surface area contributed by atoms with E-state index in [0.29, 0.717) is 5.88 Å². The minimum absolute atomic E-state index is 0. The lowest BCUT2D eigenvalue weighted by Crippen LogP contribution is -3.00. The molecule has 4 heteroatoms. The van der Waals surface area contributed by atoms with Gasteiger partial charge in [-0.05, 0) is 5.56 Å². The predicted octanol–water partition coefficient (Wildman–Crippen LogP) is -2.05. The Kier molecular flexibility index (Phi) is 4.16. The summed E-state index contributed by atoms with van der Waals surface area (Å²) in [5.74, 6) is 0.487. The first-order valence-electron chi connectivity index (χ1n) is 2.58. The average Bonchev–Trinajstić information content (AvgIpc) is 1.90. The molecule has 0 aromatic carbocycles. The third kappa shape index (κ3) is 2.42. The summed E-state index contributed by atoms with van der Waals surface area (Å²) in [5, 5.41) is 8.73. The first kappa shape index (κ1) is 9.53. The number of hydrogen-bond acceptors (Lipinski definition) is 1. The van der Waals surface area contributed by atoms with E-state index in [1.807, 2.05) is 0 Å². The molecule has 0 bridgehead atoms. The number of pyridine rings is 1. The molecule has 0 radical (unpaired) electrons. The van der Waals surface area contributed by atoms with E-state index in [-0.39, 0.29) is 12.4 Å². The normalized spacial score (nSPS) is 8.50. The molecule has 0 spiro atoms. The van der Waals surface area contributed by atoms with Gasteiger partial charge in [0.15, 0.2) is 0 Å². The molecule has 0 atom stereocenters. The third-order valence-electron chi connectivity index (χ3n) is 1.04. The number of alkyl halides is 1. The molecule has 0 saturated carbocycles. The minimum atomic E-state index is 0. The second-order valence-corrected chi connectivity index (χ2v) is 1.99. The number of rotatable bonds is 1. The van der Waals surface area contributed by atoms with Crippen LogP contribution >= 0.6 is 11.6 Å². The molecular weight excluding hydrogens is 173 g/mol. The van der Waals surface area contributed by atoms with E-state index in [0.717, 1.165) is 10.3 Å². The first-order valence-corrected chi connectivity index (χ1v) is 3.12. The van der Waals surface area contributed by atoms with Gasteiger partial charge in [-0.3, -0.25) is 5.21 Å². The molecule has 0 unspecified atom stereocenters. The second-order valence-electron chi connectivity index (χ2n) is 1.72. The largest absolute Gasteiger partial charge is 1.00 e. The van der Waals surface area contributed by atoms with Gasteiger partial charge in [-0.15, -0.1) is 11.6 Å². The summed E-state index contributed by atoms with van der Waals surface area (Å²) in [6, 6.07) is 3.51. The van der Waals surface area contributed by atoms with E-state index in [9.17, 15) is 0 Å². The van der Waals surface area contributed by atoms with E-state index in [2.05, 4.69) is 0 Å². The van der Waals surface area contributed by atoms with Gasteiger partial charge in [0, 0.05) is 22.7 Å². The maximum Gasteiger partial charge on any atom is 0.222 e. The fourth-order valence-electron chi connectivity index (χ4n) is 0.539. The van der Waals surface area contributed by atoms with Gasteiger partial charge >= 0.3 is 0 Å². The highest BCUT2D eigenvalue weighted by atomic mass is 35.5. The lowest BCUT2D eigenvalue weighted by molar-refractivity contribution is -0.904. The van der Waals surface area contributed by atoms with Crippen molar-refractivity contribution in [3.63, 3.8) is 0 Å². The van der Waals surface area contributed by atoms with Crippen LogP contribution in [0.15, 0.2) is 24.5 Å². The van der Waals surface area contributed by atoms with Crippen LogP contribution in [0.3, 0.4) is 0 Å². The van der Waals surface area contributed by atoms with Crippen LogP contribution in [0.5, 0.6) is 0 Å². The van der Waals surface area contributed by atoms with Crippen LogP contribution in [-0.4, -0.2) is 5.21 Å². The molecule has 1 rings (SSSR count). The van der Waals surface area contributed by atoms with Crippen molar-refractivity contribution in [2.75, 3.05) is 0 Å². The van der Waals surface area contributed by atoms with Crippen molar-refractivity contribution in [3.05, 3.63) is 30.1 Å². The third-order valence-corrected chi connectivity index (χ3v) is 1.35. The van der Waals surface area contributed by atoms with E-state index in [1.165, 1.54) is 12.4 Å². The fourth-order valence-corrected chi connectivity index (χ4v) is 0.717. The highest BCUT2D eigenvalue weighted by Gasteiger charge is 1.93. The molecule has 1 heterocycles. The van der Waals surface area contributed by atoms with Crippen molar-refractivity contribution >= 4 is 11.6 Å². The lowest BCUT2D eigenvalue weighted by atomic mass is 10.3. The topological polar surface area (TPSA) is 24.1 Å². The number of hydrogen-bond donors (Lipinski definition) is 1. The van der Waals surface area contributed by atoms with Crippen LogP contribution in [-0.2, 0) is 5.88 Å². The Morgan fingerprint density at radius 2 is 1.90 bits per heavy atom. The molecule has 1 aromatic rings. The Bertz CT molecular complexity index is 187. The van der Waals surface area contributed by atoms with Gasteiger partial charge in [0.2, 0.25) is 12.4 Å². The van der Waals surface area contributed by atoms with E-state index < -0.39 is 0 Å². The smallest absolute Gasteiger partial charge is 0.222 e. The Labute approximate surface area is 70.4 Å². The van der Waals surface area contributed by atoms with Crippen molar-refractivity contribution in [1.82, 2.24) is 0 Å². The van der Waals surface area contributed by atoms with Gasteiger partial charge in [-0.25, -0.2) is 0 Å². The molecule has 10 heavy (non-hydrogen) atoms. The number of halogens is 2. The molecule has 56 valence electrons. The van der Waals surface area contributed by atoms with E-state index in [4.69, 9.17) is 16.8 Å². The zero-order valence-corrected chi connectivity index (χ0v) is 6.68. The summed E-state index contributed by atoms with van der Waals surface area (Å²) in [6.45, 7) is 0. The molecule has 0 aliphatic rings. The molecule has 2 nitrogen and oxygen atoms in total. The summed E-state index contributed by atoms with van der Waals surface area (Å²) in [5.41, 5.74) is 1.00. The van der Waals surface area contributed by atoms with Crippen LogP contribution in [0.25, 0.3) is 0 Å². The van der Waals surface area contributed by atoms with Gasteiger partial charge in [-0.1, -0.05) is 0 Å². The quantitative estimate of drug-likeness (QED) is 0.300. The highest BCUT2D eigenvalue weighted by Crippen LogP contribution is 1.97. The molecule has 0 saturated heterocycles. The second kappa shape index (κ2) is 4.36. The van der Waals surface area contributed by atoms with Gasteiger partial charge < -0.3 is 12.4 Å². The molecule has 0 aliphatic carbocycles. The highest BCUT2D eigenvalue weighted by molar-refractivity contribution is 6.17. The summed E-state index contributed by atoms with van der Waals surface area (Å²) < 4.78 is 0.982. The van der Waals surface area contributed by atoms with Crippen molar-refractivity contribution in [2.24, 2.45) is 0 Å². The Balaban J connectivity index is 0.000000810. The van der Waals surface area contributed by atoms with Gasteiger partial charge in [0.05, 0.1) is 0 Å². The van der Waals surface area contributed by atoms with Crippen LogP contribution in [0.2, 0.25) is 0 Å². The van der Waals surface area contributed by atoms with Gasteiger partial charge in [0.1, 0.15) is 0 Å². The van der Waals surface area contributed by atoms with Gasteiger partial charge in [-0.2, -0.15) is 0 Å². The standard InChI is InChI=1S/C6H7ClNO.ClH/c7-5-6-1-3-8(9)4-2-6;/h1-4,9H,5H2;1H/q+1;/p-1. The van der Waals surface area contributed by atoms with Crippen molar-refractivity contribution in [3.8, 4) is 0 Å². The molecular formula is C6H7Cl2NO. The van der Waals surface area contributed by atoms with E-state index in [1.54, 1.807) is 12.1 Å². The van der Waals surface area contributed by atoms with Gasteiger partial charge in [0.25, 0.3) is 0 Å². The maximum atomic E-state index is 8.73. The zero-order chi connectivity index (χ0) is 6.69. The fraction of sp³-hybridized carbons (Fsp3) is 0.167. The molecule has 0 fully saturated rings. The molecule has 1 N–H and O–H groups in total. The van der Waals surface area contributed by atoms with Crippen LogP contribution in [0, 0.1) is 0 Å². The van der Waals surface area contributed by atoms with Crippen LogP contribution in [0.4, 0.5) is 0 Å². The summed E-state index contributed by atoms with van der Waals surface area (Å²) in [6.07, 6.45) is 3.08. The van der Waals surface area contributed by atoms with Crippen molar-refractivity contribution in [2.45, 2.75) is 5.88 Å². The Morgan fingerprint density at radius 1 is 1.40 bits per heavy atom. The number of aromatic nitrogens is 1. The summed E-state index contributed by atoms with van der Waals surface area (Å²) >= 11 is 5.49. The zero-order valence-electron chi connectivity index (χ0n) is 5.17. The Morgan fingerprint density at radius 3 is 2.30 bits per heavy atom. The molecule has 0 amide bonds. The lowest BCUT2D eigenvalue weighted by Gasteiger charge is -1.86. The molecule has 0 aliphatic heterocycles. The summed E-state index contributed by atoms with van der Waals surface area (Å²) in [7, 11) is 0. The Hall–Kier alpha value is -0.470. The summed E-state index contributed by atoms with van der Waals surface area (Å²) in [4.78, 5) is 0. The monoisotopic (exact) mass is 179 g/mol. The number of nitrogens with zero attached hydrogens (tertiary/aromatic N) is 1. The van der Waals surface area contributed by atoms with Crippen LogP contribution < -0.4 is 17.1 Å². The average molecular weight is 180 g/mol. The van der Waals surface area contributed by atoms with Crippen LogP contribution in [0.1, 0.15) is 5.56 Å². The molecule has 1 aromatic heterocycles. The first-order chi connectivity index (χ1) is 4.33. The van der Waals surface area contributed by atoms with E-state index >= 15 is 0 Å². The minimum Gasteiger partial charge on any atom is -1.00 e.